The maximum absolute atomic E-state index is 12.8. The number of nitrogens with one attached hydrogen (secondary N) is 2. The van der Waals surface area contributed by atoms with Gasteiger partial charge in [0.05, 0.1) is 11.9 Å². The molecule has 10 nitrogen and oxygen atoms in total. The van der Waals surface area contributed by atoms with Gasteiger partial charge in [-0.1, -0.05) is 25.3 Å². The Hall–Kier alpha value is -3.47. The standard InChI is InChI=1S/C22H26N6O4S/c1-23-21(29)16-9-6-10-17(11-16)32-20-12-19(15-7-4-3-5-8-15)25-22(26-20)27-33(30,31)18-13-24-28(2)14-18/h6,9-15H,3-5,7-8H2,1-2H3,(H,23,29)(H,25,26,27). The molecule has 2 N–H and O–H groups in total. The van der Waals surface area contributed by atoms with Crippen molar-refractivity contribution in [3.63, 3.8) is 0 Å². The fourth-order valence-electron chi connectivity index (χ4n) is 3.83. The molecule has 0 aliphatic heterocycles. The van der Waals surface area contributed by atoms with Crippen molar-refractivity contribution in [2.24, 2.45) is 7.05 Å². The van der Waals surface area contributed by atoms with Crippen molar-refractivity contribution in [1.29, 1.82) is 0 Å². The van der Waals surface area contributed by atoms with Crippen LogP contribution in [0.15, 0.2) is 47.6 Å². The van der Waals surface area contributed by atoms with Crippen molar-refractivity contribution < 1.29 is 17.9 Å². The third-order valence-corrected chi connectivity index (χ3v) is 6.79. The van der Waals surface area contributed by atoms with E-state index in [0.717, 1.165) is 31.4 Å². The maximum Gasteiger partial charge on any atom is 0.267 e. The number of anilines is 1. The summed E-state index contributed by atoms with van der Waals surface area (Å²) in [6.07, 6.45) is 7.96. The molecule has 0 spiro atoms. The summed E-state index contributed by atoms with van der Waals surface area (Å²) in [5.41, 5.74) is 1.17. The van der Waals surface area contributed by atoms with E-state index in [0.29, 0.717) is 11.3 Å². The zero-order chi connectivity index (χ0) is 23.4. The van der Waals surface area contributed by atoms with E-state index in [1.807, 2.05) is 0 Å². The molecule has 1 amide bonds. The minimum atomic E-state index is -3.92. The van der Waals surface area contributed by atoms with Crippen LogP contribution in [-0.4, -0.2) is 41.1 Å². The Morgan fingerprint density at radius 3 is 2.64 bits per heavy atom. The number of aryl methyl sites for hydroxylation is 1. The first-order valence-electron chi connectivity index (χ1n) is 10.7. The first-order chi connectivity index (χ1) is 15.8. The first kappa shape index (κ1) is 22.7. The molecule has 0 atom stereocenters. The molecule has 11 heteroatoms. The second-order valence-electron chi connectivity index (χ2n) is 7.95. The van der Waals surface area contributed by atoms with Crippen LogP contribution in [0, 0.1) is 0 Å². The Kier molecular flexibility index (Phi) is 6.59. The van der Waals surface area contributed by atoms with E-state index in [-0.39, 0.29) is 28.5 Å². The fourth-order valence-corrected chi connectivity index (χ4v) is 4.76. The van der Waals surface area contributed by atoms with Gasteiger partial charge in [0.15, 0.2) is 0 Å². The molecule has 1 saturated carbocycles. The molecule has 3 aromatic rings. The van der Waals surface area contributed by atoms with Crippen molar-refractivity contribution >= 4 is 21.9 Å². The second-order valence-corrected chi connectivity index (χ2v) is 9.64. The number of hydrogen-bond acceptors (Lipinski definition) is 7. The van der Waals surface area contributed by atoms with Gasteiger partial charge in [-0.2, -0.15) is 10.1 Å². The van der Waals surface area contributed by atoms with E-state index >= 15 is 0 Å². The van der Waals surface area contributed by atoms with Gasteiger partial charge in [-0.05, 0) is 31.0 Å². The van der Waals surface area contributed by atoms with Gasteiger partial charge < -0.3 is 10.1 Å². The Labute approximate surface area is 192 Å². The van der Waals surface area contributed by atoms with Crippen molar-refractivity contribution in [1.82, 2.24) is 25.1 Å². The van der Waals surface area contributed by atoms with Crippen molar-refractivity contribution in [3.05, 3.63) is 54.0 Å². The lowest BCUT2D eigenvalue weighted by molar-refractivity contribution is 0.0962. The summed E-state index contributed by atoms with van der Waals surface area (Å²) < 4.78 is 35.4. The Bertz CT molecular complexity index is 1250. The van der Waals surface area contributed by atoms with Crippen LogP contribution in [-0.2, 0) is 17.1 Å². The van der Waals surface area contributed by atoms with Crippen LogP contribution in [0.25, 0.3) is 0 Å². The molecule has 33 heavy (non-hydrogen) atoms. The largest absolute Gasteiger partial charge is 0.439 e. The molecule has 0 radical (unpaired) electrons. The molecule has 4 rings (SSSR count). The van der Waals surface area contributed by atoms with Crippen LogP contribution in [0.1, 0.15) is 54.1 Å². The molecule has 1 fully saturated rings. The molecule has 0 unspecified atom stereocenters. The predicted molar refractivity (Wildman–Crippen MR) is 122 cm³/mol. The Morgan fingerprint density at radius 1 is 1.15 bits per heavy atom. The van der Waals surface area contributed by atoms with Crippen LogP contribution >= 0.6 is 0 Å². The summed E-state index contributed by atoms with van der Waals surface area (Å²) in [7, 11) is -0.728. The number of amides is 1. The molecular formula is C22H26N6O4S. The normalized spacial score (nSPS) is 14.6. The number of benzene rings is 1. The highest BCUT2D eigenvalue weighted by Crippen LogP contribution is 2.34. The number of nitrogens with zero attached hydrogens (tertiary/aromatic N) is 4. The number of rotatable bonds is 7. The van der Waals surface area contributed by atoms with Crippen LogP contribution < -0.4 is 14.8 Å². The van der Waals surface area contributed by atoms with Gasteiger partial charge >= 0.3 is 0 Å². The first-order valence-corrected chi connectivity index (χ1v) is 12.2. The predicted octanol–water partition coefficient (Wildman–Crippen LogP) is 3.21. The highest BCUT2D eigenvalue weighted by atomic mass is 32.2. The zero-order valence-corrected chi connectivity index (χ0v) is 19.3. The number of carbonyl (C=O) groups excluding carboxylic acids is 1. The quantitative estimate of drug-likeness (QED) is 0.542. The molecule has 0 saturated heterocycles. The van der Waals surface area contributed by atoms with Gasteiger partial charge in [-0.25, -0.2) is 18.1 Å². The molecule has 1 aliphatic carbocycles. The summed E-state index contributed by atoms with van der Waals surface area (Å²) in [6, 6.07) is 8.42. The minimum absolute atomic E-state index is 0.0115. The van der Waals surface area contributed by atoms with Crippen molar-refractivity contribution in [3.8, 4) is 11.6 Å². The molecule has 0 bridgehead atoms. The van der Waals surface area contributed by atoms with E-state index < -0.39 is 10.0 Å². The topological polar surface area (TPSA) is 128 Å². The van der Waals surface area contributed by atoms with Crippen LogP contribution in [0.5, 0.6) is 11.6 Å². The third kappa shape index (κ3) is 5.48. The van der Waals surface area contributed by atoms with E-state index in [2.05, 4.69) is 25.1 Å². The minimum Gasteiger partial charge on any atom is -0.439 e. The second kappa shape index (κ2) is 9.57. The maximum atomic E-state index is 12.8. The molecule has 1 aliphatic rings. The molecular weight excluding hydrogens is 444 g/mol. The average Bonchev–Trinajstić information content (AvgIpc) is 3.26. The van der Waals surface area contributed by atoms with Gasteiger partial charge in [-0.3, -0.25) is 9.48 Å². The van der Waals surface area contributed by atoms with Crippen LogP contribution in [0.4, 0.5) is 5.95 Å². The summed E-state index contributed by atoms with van der Waals surface area (Å²) in [5, 5.41) is 6.49. The summed E-state index contributed by atoms with van der Waals surface area (Å²) in [4.78, 5) is 20.7. The molecule has 2 aromatic heterocycles. The van der Waals surface area contributed by atoms with Gasteiger partial charge in [0.2, 0.25) is 11.8 Å². The Balaban J connectivity index is 1.67. The van der Waals surface area contributed by atoms with E-state index in [1.54, 1.807) is 44.4 Å². The smallest absolute Gasteiger partial charge is 0.267 e. The van der Waals surface area contributed by atoms with Gasteiger partial charge in [0.1, 0.15) is 10.6 Å². The zero-order valence-electron chi connectivity index (χ0n) is 18.5. The van der Waals surface area contributed by atoms with E-state index in [1.165, 1.54) is 23.5 Å². The lowest BCUT2D eigenvalue weighted by atomic mass is 9.87. The van der Waals surface area contributed by atoms with Gasteiger partial charge in [0, 0.05) is 37.8 Å². The summed E-state index contributed by atoms with van der Waals surface area (Å²) >= 11 is 0. The SMILES string of the molecule is CNC(=O)c1cccc(Oc2cc(C3CCCCC3)nc(NS(=O)(=O)c3cnn(C)c3)n2)c1. The molecule has 2 heterocycles. The van der Waals surface area contributed by atoms with E-state index in [4.69, 9.17) is 4.74 Å². The average molecular weight is 471 g/mol. The van der Waals surface area contributed by atoms with Crippen molar-refractivity contribution in [2.75, 3.05) is 11.8 Å². The van der Waals surface area contributed by atoms with Crippen LogP contribution in [0.2, 0.25) is 0 Å². The number of aromatic nitrogens is 4. The third-order valence-electron chi connectivity index (χ3n) is 5.51. The molecule has 1 aromatic carbocycles. The van der Waals surface area contributed by atoms with Crippen molar-refractivity contribution in [2.45, 2.75) is 42.9 Å². The Morgan fingerprint density at radius 2 is 1.94 bits per heavy atom. The lowest BCUT2D eigenvalue weighted by Gasteiger charge is -2.22. The number of sulfonamides is 1. The monoisotopic (exact) mass is 470 g/mol. The van der Waals surface area contributed by atoms with Crippen LogP contribution in [0.3, 0.4) is 0 Å². The fraction of sp³-hybridized carbons (Fsp3) is 0.364. The number of ether oxygens (including phenoxy) is 1. The summed E-state index contributed by atoms with van der Waals surface area (Å²) in [6.45, 7) is 0. The number of carbonyl (C=O) groups is 1. The molecule has 174 valence electrons. The summed E-state index contributed by atoms with van der Waals surface area (Å²) in [5.74, 6) is 0.493. The lowest BCUT2D eigenvalue weighted by Crippen LogP contribution is -2.17. The highest BCUT2D eigenvalue weighted by Gasteiger charge is 2.22. The van der Waals surface area contributed by atoms with Gasteiger partial charge in [-0.15, -0.1) is 0 Å². The highest BCUT2D eigenvalue weighted by molar-refractivity contribution is 7.92. The van der Waals surface area contributed by atoms with E-state index in [9.17, 15) is 13.2 Å². The number of hydrogen-bond donors (Lipinski definition) is 2. The van der Waals surface area contributed by atoms with Gasteiger partial charge in [0.25, 0.3) is 15.9 Å².